The first-order chi connectivity index (χ1) is 12.3. The van der Waals surface area contributed by atoms with Crippen molar-refractivity contribution in [2.75, 3.05) is 6.61 Å². The SMILES string of the molecule is C=C1CC[C@H]2C(=C)C(=O)O[C@@H]2[C@@H]2[C@H](COC(=O)[C@H](C)CC)[C@@H](O)[C@H](O)[C@@H]12. The maximum Gasteiger partial charge on any atom is 0.334 e. The molecule has 1 aliphatic heterocycles. The van der Waals surface area contributed by atoms with Crippen LogP contribution in [-0.2, 0) is 19.1 Å². The molecule has 3 aliphatic rings. The van der Waals surface area contributed by atoms with Gasteiger partial charge in [-0.2, -0.15) is 0 Å². The van der Waals surface area contributed by atoms with Gasteiger partial charge in [-0.3, -0.25) is 4.79 Å². The van der Waals surface area contributed by atoms with E-state index in [1.807, 2.05) is 6.92 Å². The van der Waals surface area contributed by atoms with Gasteiger partial charge in [-0.05, 0) is 19.3 Å². The fourth-order valence-electron chi connectivity index (χ4n) is 4.67. The first kappa shape index (κ1) is 19.1. The van der Waals surface area contributed by atoms with Crippen molar-refractivity contribution in [2.24, 2.45) is 29.6 Å². The molecule has 0 radical (unpaired) electrons. The predicted octanol–water partition coefficient (Wildman–Crippen LogP) is 1.61. The third kappa shape index (κ3) is 2.99. The molecule has 0 bridgehead atoms. The van der Waals surface area contributed by atoms with Gasteiger partial charge >= 0.3 is 11.9 Å². The molecule has 0 aromatic heterocycles. The summed E-state index contributed by atoms with van der Waals surface area (Å²) in [4.78, 5) is 24.1. The topological polar surface area (TPSA) is 93.1 Å². The Kier molecular flexibility index (Phi) is 5.26. The fourth-order valence-corrected chi connectivity index (χ4v) is 4.67. The minimum Gasteiger partial charge on any atom is -0.465 e. The van der Waals surface area contributed by atoms with E-state index in [9.17, 15) is 19.8 Å². The standard InChI is InChI=1S/C20H28O6/c1-5-9(2)19(23)25-8-13-15-14(17(22)16(13)21)10(3)6-7-12-11(4)20(24)26-18(12)15/h9,12-18,21-22H,3-8H2,1-2H3/t9-,12+,13+,14+,15-,16-,17-,18+/m1/s1. The number of fused-ring (bicyclic) bond motifs is 3. The summed E-state index contributed by atoms with van der Waals surface area (Å²) in [5.74, 6) is -2.36. The van der Waals surface area contributed by atoms with E-state index in [4.69, 9.17) is 9.47 Å². The molecule has 26 heavy (non-hydrogen) atoms. The van der Waals surface area contributed by atoms with Crippen molar-refractivity contribution in [1.82, 2.24) is 0 Å². The maximum absolute atomic E-state index is 12.1. The third-order valence-corrected chi connectivity index (χ3v) is 6.48. The lowest BCUT2D eigenvalue weighted by Crippen LogP contribution is -2.37. The molecule has 1 saturated heterocycles. The molecule has 0 aromatic carbocycles. The largest absolute Gasteiger partial charge is 0.465 e. The highest BCUT2D eigenvalue weighted by Crippen LogP contribution is 2.52. The molecule has 0 spiro atoms. The van der Waals surface area contributed by atoms with Gasteiger partial charge in [0.2, 0.25) is 0 Å². The summed E-state index contributed by atoms with van der Waals surface area (Å²) in [6.45, 7) is 11.6. The first-order valence-corrected chi connectivity index (χ1v) is 9.38. The molecule has 3 fully saturated rings. The highest BCUT2D eigenvalue weighted by Gasteiger charge is 2.59. The van der Waals surface area contributed by atoms with Gasteiger partial charge in [0, 0.05) is 29.2 Å². The Morgan fingerprint density at radius 3 is 2.69 bits per heavy atom. The van der Waals surface area contributed by atoms with Gasteiger partial charge < -0.3 is 19.7 Å². The molecule has 2 N–H and O–H groups in total. The van der Waals surface area contributed by atoms with Crippen LogP contribution >= 0.6 is 0 Å². The molecule has 6 heteroatoms. The molecule has 0 unspecified atom stereocenters. The van der Waals surface area contributed by atoms with Crippen molar-refractivity contribution in [3.63, 3.8) is 0 Å². The molecule has 2 aliphatic carbocycles. The van der Waals surface area contributed by atoms with Crippen LogP contribution in [0.25, 0.3) is 0 Å². The minimum atomic E-state index is -1.06. The van der Waals surface area contributed by atoms with Crippen LogP contribution in [0.15, 0.2) is 24.3 Å². The average Bonchev–Trinajstić information content (AvgIpc) is 2.98. The van der Waals surface area contributed by atoms with Crippen molar-refractivity contribution in [2.45, 2.75) is 51.4 Å². The van der Waals surface area contributed by atoms with E-state index in [0.29, 0.717) is 24.8 Å². The summed E-state index contributed by atoms with van der Waals surface area (Å²) in [6.07, 6.45) is -0.549. The number of rotatable bonds is 4. The maximum atomic E-state index is 12.1. The zero-order valence-corrected chi connectivity index (χ0v) is 15.4. The van der Waals surface area contributed by atoms with E-state index in [0.717, 1.165) is 5.57 Å². The van der Waals surface area contributed by atoms with Gasteiger partial charge in [-0.25, -0.2) is 4.79 Å². The van der Waals surface area contributed by atoms with Gasteiger partial charge in [0.1, 0.15) is 6.10 Å². The number of ether oxygens (including phenoxy) is 2. The molecule has 8 atom stereocenters. The molecule has 0 amide bonds. The summed E-state index contributed by atoms with van der Waals surface area (Å²) in [7, 11) is 0. The van der Waals surface area contributed by atoms with Crippen molar-refractivity contribution >= 4 is 11.9 Å². The second-order valence-corrected chi connectivity index (χ2v) is 7.89. The van der Waals surface area contributed by atoms with Crippen molar-refractivity contribution in [3.05, 3.63) is 24.3 Å². The summed E-state index contributed by atoms with van der Waals surface area (Å²) in [5.41, 5.74) is 1.28. The van der Waals surface area contributed by atoms with E-state index in [2.05, 4.69) is 13.2 Å². The Labute approximate surface area is 153 Å². The second-order valence-electron chi connectivity index (χ2n) is 7.89. The van der Waals surface area contributed by atoms with Crippen LogP contribution in [-0.4, -0.2) is 47.1 Å². The Morgan fingerprint density at radius 2 is 2.04 bits per heavy atom. The monoisotopic (exact) mass is 364 g/mol. The number of hydrogen-bond donors (Lipinski definition) is 2. The van der Waals surface area contributed by atoms with Crippen LogP contribution in [0.5, 0.6) is 0 Å². The predicted molar refractivity (Wildman–Crippen MR) is 93.8 cm³/mol. The molecule has 0 aromatic rings. The normalized spacial score (nSPS) is 40.5. The molecule has 3 rings (SSSR count). The number of esters is 2. The molecule has 144 valence electrons. The summed E-state index contributed by atoms with van der Waals surface area (Å²) >= 11 is 0. The van der Waals surface area contributed by atoms with Gasteiger partial charge in [0.05, 0.1) is 24.7 Å². The third-order valence-electron chi connectivity index (χ3n) is 6.48. The zero-order valence-electron chi connectivity index (χ0n) is 15.4. The molecule has 1 heterocycles. The molecular formula is C20H28O6. The van der Waals surface area contributed by atoms with Gasteiger partial charge in [0.15, 0.2) is 0 Å². The lowest BCUT2D eigenvalue weighted by atomic mass is 9.78. The van der Waals surface area contributed by atoms with Crippen LogP contribution in [0, 0.1) is 29.6 Å². The van der Waals surface area contributed by atoms with E-state index in [1.54, 1.807) is 6.92 Å². The number of carbonyl (C=O) groups excluding carboxylic acids is 2. The smallest absolute Gasteiger partial charge is 0.334 e. The minimum absolute atomic E-state index is 0.0108. The Morgan fingerprint density at radius 1 is 1.35 bits per heavy atom. The van der Waals surface area contributed by atoms with E-state index in [-0.39, 0.29) is 36.2 Å². The van der Waals surface area contributed by atoms with Gasteiger partial charge in [-0.1, -0.05) is 32.6 Å². The summed E-state index contributed by atoms with van der Waals surface area (Å²) in [6, 6.07) is 0. The average molecular weight is 364 g/mol. The summed E-state index contributed by atoms with van der Waals surface area (Å²) in [5, 5.41) is 21.2. The van der Waals surface area contributed by atoms with E-state index in [1.165, 1.54) is 0 Å². The van der Waals surface area contributed by atoms with Crippen molar-refractivity contribution in [1.29, 1.82) is 0 Å². The van der Waals surface area contributed by atoms with E-state index >= 15 is 0 Å². The van der Waals surface area contributed by atoms with Crippen LogP contribution < -0.4 is 0 Å². The second kappa shape index (κ2) is 7.16. The van der Waals surface area contributed by atoms with Crippen LogP contribution in [0.2, 0.25) is 0 Å². The highest BCUT2D eigenvalue weighted by atomic mass is 16.6. The number of hydrogen-bond acceptors (Lipinski definition) is 6. The summed E-state index contributed by atoms with van der Waals surface area (Å²) < 4.78 is 11.0. The quantitative estimate of drug-likeness (QED) is 0.447. The number of aliphatic hydroxyl groups excluding tert-OH is 2. The van der Waals surface area contributed by atoms with Crippen LogP contribution in [0.1, 0.15) is 33.1 Å². The van der Waals surface area contributed by atoms with E-state index < -0.39 is 30.2 Å². The molecule has 6 nitrogen and oxygen atoms in total. The fraction of sp³-hybridized carbons (Fsp3) is 0.700. The Balaban J connectivity index is 1.87. The first-order valence-electron chi connectivity index (χ1n) is 9.38. The lowest BCUT2D eigenvalue weighted by molar-refractivity contribution is -0.154. The highest BCUT2D eigenvalue weighted by molar-refractivity contribution is 5.90. The number of carbonyl (C=O) groups is 2. The van der Waals surface area contributed by atoms with Crippen molar-refractivity contribution in [3.8, 4) is 0 Å². The van der Waals surface area contributed by atoms with Crippen LogP contribution in [0.4, 0.5) is 0 Å². The number of aliphatic hydroxyl groups is 2. The molecular weight excluding hydrogens is 336 g/mol. The van der Waals surface area contributed by atoms with Crippen molar-refractivity contribution < 1.29 is 29.3 Å². The zero-order chi connectivity index (χ0) is 19.2. The van der Waals surface area contributed by atoms with Gasteiger partial charge in [0.25, 0.3) is 0 Å². The van der Waals surface area contributed by atoms with Gasteiger partial charge in [-0.15, -0.1) is 0 Å². The Hall–Kier alpha value is -1.66. The molecule has 2 saturated carbocycles. The Bertz CT molecular complexity index is 626. The lowest BCUT2D eigenvalue weighted by Gasteiger charge is -2.30. The van der Waals surface area contributed by atoms with Crippen LogP contribution in [0.3, 0.4) is 0 Å².